The lowest BCUT2D eigenvalue weighted by Gasteiger charge is -2.18. The molecule has 0 bridgehead atoms. The van der Waals surface area contributed by atoms with Crippen molar-refractivity contribution in [2.24, 2.45) is 7.05 Å². The minimum absolute atomic E-state index is 0.581. The highest BCUT2D eigenvalue weighted by Gasteiger charge is 2.06. The Morgan fingerprint density at radius 3 is 2.65 bits per heavy atom. The van der Waals surface area contributed by atoms with E-state index >= 15 is 0 Å². The van der Waals surface area contributed by atoms with Crippen molar-refractivity contribution in [2.45, 2.75) is 26.8 Å². The van der Waals surface area contributed by atoms with E-state index in [0.29, 0.717) is 16.7 Å². The molecule has 1 rings (SSSR count). The lowest BCUT2D eigenvalue weighted by Crippen LogP contribution is -2.37. The SMILES string of the molecule is CCN(CC)CCCNC(=S)NCc1c(Cl)cnn1C. The molecule has 0 aromatic carbocycles. The van der Waals surface area contributed by atoms with Crippen molar-refractivity contribution in [3.63, 3.8) is 0 Å². The summed E-state index contributed by atoms with van der Waals surface area (Å²) < 4.78 is 1.75. The predicted molar refractivity (Wildman–Crippen MR) is 88.1 cm³/mol. The van der Waals surface area contributed by atoms with Crippen LogP contribution in [0.2, 0.25) is 5.02 Å². The smallest absolute Gasteiger partial charge is 0.166 e. The highest BCUT2D eigenvalue weighted by Crippen LogP contribution is 2.13. The molecule has 0 aliphatic carbocycles. The van der Waals surface area contributed by atoms with Crippen LogP contribution in [0.3, 0.4) is 0 Å². The summed E-state index contributed by atoms with van der Waals surface area (Å²) in [5, 5.41) is 11.7. The van der Waals surface area contributed by atoms with E-state index in [0.717, 1.165) is 38.3 Å². The maximum Gasteiger partial charge on any atom is 0.166 e. The van der Waals surface area contributed by atoms with Gasteiger partial charge in [0, 0.05) is 13.6 Å². The van der Waals surface area contributed by atoms with Crippen molar-refractivity contribution in [1.82, 2.24) is 25.3 Å². The number of aromatic nitrogens is 2. The fourth-order valence-corrected chi connectivity index (χ4v) is 2.31. The van der Waals surface area contributed by atoms with E-state index in [1.54, 1.807) is 10.9 Å². The van der Waals surface area contributed by atoms with Crippen molar-refractivity contribution in [1.29, 1.82) is 0 Å². The number of halogens is 1. The second-order valence-electron chi connectivity index (χ2n) is 4.55. The van der Waals surface area contributed by atoms with Gasteiger partial charge in [-0.25, -0.2) is 0 Å². The van der Waals surface area contributed by atoms with Crippen molar-refractivity contribution in [3.05, 3.63) is 16.9 Å². The van der Waals surface area contributed by atoms with Crippen LogP contribution >= 0.6 is 23.8 Å². The minimum atomic E-state index is 0.581. The van der Waals surface area contributed by atoms with E-state index < -0.39 is 0 Å². The first-order valence-corrected chi connectivity index (χ1v) is 7.77. The normalized spacial score (nSPS) is 10.8. The van der Waals surface area contributed by atoms with Crippen LogP contribution in [0.15, 0.2) is 6.20 Å². The van der Waals surface area contributed by atoms with Crippen LogP contribution in [-0.4, -0.2) is 46.0 Å². The average Bonchev–Trinajstić information content (AvgIpc) is 2.76. The molecule has 0 saturated carbocycles. The standard InChI is InChI=1S/C13H24ClN5S/c1-4-19(5-2)8-6-7-15-13(20)16-10-12-11(14)9-17-18(12)3/h9H,4-8,10H2,1-3H3,(H2,15,16,20). The molecule has 0 unspecified atom stereocenters. The molecule has 114 valence electrons. The van der Waals surface area contributed by atoms with Crippen LogP contribution in [-0.2, 0) is 13.6 Å². The van der Waals surface area contributed by atoms with E-state index in [2.05, 4.69) is 34.5 Å². The van der Waals surface area contributed by atoms with Crippen LogP contribution in [0.5, 0.6) is 0 Å². The first-order valence-electron chi connectivity index (χ1n) is 6.98. The number of hydrogen-bond acceptors (Lipinski definition) is 3. The van der Waals surface area contributed by atoms with Crippen LogP contribution in [0.4, 0.5) is 0 Å². The van der Waals surface area contributed by atoms with Crippen LogP contribution < -0.4 is 10.6 Å². The molecule has 1 aromatic rings. The summed E-state index contributed by atoms with van der Waals surface area (Å²) in [4.78, 5) is 2.40. The summed E-state index contributed by atoms with van der Waals surface area (Å²) in [6, 6.07) is 0. The maximum absolute atomic E-state index is 6.03. The van der Waals surface area contributed by atoms with Gasteiger partial charge < -0.3 is 15.5 Å². The maximum atomic E-state index is 6.03. The Bertz CT molecular complexity index is 397. The fraction of sp³-hybridized carbons (Fsp3) is 0.692. The van der Waals surface area contributed by atoms with E-state index in [9.17, 15) is 0 Å². The molecule has 5 nitrogen and oxygen atoms in total. The Hall–Kier alpha value is -0.850. The van der Waals surface area contributed by atoms with Crippen LogP contribution in [0.1, 0.15) is 26.0 Å². The lowest BCUT2D eigenvalue weighted by atomic mass is 10.3. The molecule has 7 heteroatoms. The summed E-state index contributed by atoms with van der Waals surface area (Å²) >= 11 is 11.3. The molecule has 0 saturated heterocycles. The number of nitrogens with one attached hydrogen (secondary N) is 2. The molecule has 20 heavy (non-hydrogen) atoms. The Balaban J connectivity index is 2.18. The summed E-state index contributed by atoms with van der Waals surface area (Å²) in [7, 11) is 1.86. The van der Waals surface area contributed by atoms with Crippen molar-refractivity contribution in [3.8, 4) is 0 Å². The quantitative estimate of drug-likeness (QED) is 0.565. The minimum Gasteiger partial charge on any atom is -0.363 e. The van der Waals surface area contributed by atoms with Gasteiger partial charge in [-0.2, -0.15) is 5.10 Å². The Labute approximate surface area is 131 Å². The second-order valence-corrected chi connectivity index (χ2v) is 5.37. The van der Waals surface area contributed by atoms with Gasteiger partial charge in [0.25, 0.3) is 0 Å². The Morgan fingerprint density at radius 2 is 2.10 bits per heavy atom. The zero-order valence-electron chi connectivity index (χ0n) is 12.4. The molecule has 0 fully saturated rings. The molecule has 2 N–H and O–H groups in total. The van der Waals surface area contributed by atoms with Gasteiger partial charge in [-0.05, 0) is 38.3 Å². The average molecular weight is 318 g/mol. The molecular weight excluding hydrogens is 294 g/mol. The fourth-order valence-electron chi connectivity index (χ4n) is 1.91. The van der Waals surface area contributed by atoms with Gasteiger partial charge in [-0.3, -0.25) is 4.68 Å². The first kappa shape index (κ1) is 17.2. The van der Waals surface area contributed by atoms with E-state index in [1.807, 2.05) is 7.05 Å². The molecule has 0 spiro atoms. The number of aryl methyl sites for hydroxylation is 1. The summed E-state index contributed by atoms with van der Waals surface area (Å²) in [5.41, 5.74) is 0.930. The number of nitrogens with zero attached hydrogens (tertiary/aromatic N) is 3. The van der Waals surface area contributed by atoms with E-state index in [1.165, 1.54) is 0 Å². The van der Waals surface area contributed by atoms with Gasteiger partial charge in [-0.1, -0.05) is 25.4 Å². The molecule has 0 amide bonds. The summed E-state index contributed by atoms with van der Waals surface area (Å²) in [6.45, 7) is 9.10. The van der Waals surface area contributed by atoms with Gasteiger partial charge in [0.2, 0.25) is 0 Å². The van der Waals surface area contributed by atoms with Gasteiger partial charge in [0.05, 0.1) is 23.5 Å². The molecule has 0 aliphatic rings. The van der Waals surface area contributed by atoms with Gasteiger partial charge in [-0.15, -0.1) is 0 Å². The topological polar surface area (TPSA) is 45.1 Å². The zero-order chi connectivity index (χ0) is 15.0. The Morgan fingerprint density at radius 1 is 1.40 bits per heavy atom. The van der Waals surface area contributed by atoms with E-state index in [-0.39, 0.29) is 0 Å². The molecular formula is C13H24ClN5S. The van der Waals surface area contributed by atoms with Crippen molar-refractivity contribution in [2.75, 3.05) is 26.2 Å². The molecule has 0 aliphatic heterocycles. The van der Waals surface area contributed by atoms with Gasteiger partial charge in [0.15, 0.2) is 5.11 Å². The molecule has 0 radical (unpaired) electrons. The molecule has 1 aromatic heterocycles. The second kappa shape index (κ2) is 9.15. The van der Waals surface area contributed by atoms with Crippen LogP contribution in [0, 0.1) is 0 Å². The number of hydrogen-bond donors (Lipinski definition) is 2. The predicted octanol–water partition coefficient (Wildman–Crippen LogP) is 1.77. The highest BCUT2D eigenvalue weighted by atomic mass is 35.5. The summed E-state index contributed by atoms with van der Waals surface area (Å²) in [6.07, 6.45) is 2.72. The summed E-state index contributed by atoms with van der Waals surface area (Å²) in [5.74, 6) is 0. The first-order chi connectivity index (χ1) is 9.58. The largest absolute Gasteiger partial charge is 0.363 e. The lowest BCUT2D eigenvalue weighted by molar-refractivity contribution is 0.300. The van der Waals surface area contributed by atoms with Gasteiger partial charge >= 0.3 is 0 Å². The zero-order valence-corrected chi connectivity index (χ0v) is 14.0. The number of rotatable bonds is 8. The van der Waals surface area contributed by atoms with Gasteiger partial charge in [0.1, 0.15) is 0 Å². The highest BCUT2D eigenvalue weighted by molar-refractivity contribution is 7.80. The third kappa shape index (κ3) is 5.64. The van der Waals surface area contributed by atoms with E-state index in [4.69, 9.17) is 23.8 Å². The van der Waals surface area contributed by atoms with Crippen molar-refractivity contribution >= 4 is 28.9 Å². The monoisotopic (exact) mass is 317 g/mol. The van der Waals surface area contributed by atoms with Crippen LogP contribution in [0.25, 0.3) is 0 Å². The third-order valence-corrected chi connectivity index (χ3v) is 3.86. The third-order valence-electron chi connectivity index (χ3n) is 3.26. The number of thiocarbonyl (C=S) groups is 1. The Kier molecular flexibility index (Phi) is 7.87. The van der Waals surface area contributed by atoms with Crippen molar-refractivity contribution < 1.29 is 0 Å². The molecule has 0 atom stereocenters. The molecule has 1 heterocycles.